The van der Waals surface area contributed by atoms with Gasteiger partial charge in [-0.1, -0.05) is 25.3 Å². The zero-order valence-corrected chi connectivity index (χ0v) is 24.6. The van der Waals surface area contributed by atoms with Crippen LogP contribution >= 0.6 is 0 Å². The van der Waals surface area contributed by atoms with Crippen molar-refractivity contribution in [1.29, 1.82) is 0 Å². The summed E-state index contributed by atoms with van der Waals surface area (Å²) in [5.74, 6) is -2.65. The number of carboxylic acid groups (broad SMARTS) is 2. The number of nitrogens with one attached hydrogen (secondary N) is 3. The highest BCUT2D eigenvalue weighted by Gasteiger charge is 2.25. The number of rotatable bonds is 11. The van der Waals surface area contributed by atoms with Crippen molar-refractivity contribution in [1.82, 2.24) is 15.3 Å². The largest absolute Gasteiger partial charge is 0.481 e. The van der Waals surface area contributed by atoms with Crippen molar-refractivity contribution in [3.05, 3.63) is 85.5 Å². The summed E-state index contributed by atoms with van der Waals surface area (Å²) in [5, 5.41) is 22.4. The van der Waals surface area contributed by atoms with Crippen molar-refractivity contribution in [2.45, 2.75) is 53.4 Å². The number of hydrogen-bond donors (Lipinski definition) is 5. The predicted octanol–water partition coefficient (Wildman–Crippen LogP) is 3.67. The lowest BCUT2D eigenvalue weighted by molar-refractivity contribution is -0.138. The molecule has 10 heteroatoms. The summed E-state index contributed by atoms with van der Waals surface area (Å²) < 4.78 is 0. The highest BCUT2D eigenvalue weighted by Crippen LogP contribution is 2.28. The summed E-state index contributed by atoms with van der Waals surface area (Å²) in [4.78, 5) is 57.9. The summed E-state index contributed by atoms with van der Waals surface area (Å²) in [5.41, 5.74) is 8.40. The van der Waals surface area contributed by atoms with Crippen LogP contribution in [0.4, 0.5) is 0 Å². The minimum atomic E-state index is -0.972. The van der Waals surface area contributed by atoms with Gasteiger partial charge in [-0.15, -0.1) is 0 Å². The Hall–Kier alpha value is -5.25. The van der Waals surface area contributed by atoms with Gasteiger partial charge in [-0.2, -0.15) is 0 Å². The summed E-state index contributed by atoms with van der Waals surface area (Å²) in [7, 11) is 0. The Labute approximate surface area is 248 Å². The molecule has 0 unspecified atom stereocenters. The first-order valence-electron chi connectivity index (χ1n) is 13.8. The number of amides is 2. The lowest BCUT2D eigenvalue weighted by Gasteiger charge is -2.01. The molecule has 10 nitrogen and oxygen atoms in total. The minimum absolute atomic E-state index is 0.125. The normalized spacial score (nSPS) is 16.9. The van der Waals surface area contributed by atoms with E-state index in [1.807, 2.05) is 26.0 Å². The van der Waals surface area contributed by atoms with Crippen molar-refractivity contribution in [3.63, 3.8) is 0 Å². The molecule has 0 bridgehead atoms. The van der Waals surface area contributed by atoms with Crippen molar-refractivity contribution in [3.8, 4) is 0 Å². The predicted molar refractivity (Wildman–Crippen MR) is 166 cm³/mol. The van der Waals surface area contributed by atoms with E-state index in [1.54, 1.807) is 32.1 Å². The second kappa shape index (κ2) is 12.3. The first kappa shape index (κ1) is 30.7. The molecule has 2 aliphatic rings. The molecule has 2 amide bonds. The molecule has 2 aromatic heterocycles. The number of aliphatic imine (C=N–C) groups is 1. The third-order valence-corrected chi connectivity index (χ3v) is 7.88. The van der Waals surface area contributed by atoms with E-state index in [-0.39, 0.29) is 31.6 Å². The monoisotopic (exact) mass is 582 g/mol. The van der Waals surface area contributed by atoms with E-state index >= 15 is 0 Å². The van der Waals surface area contributed by atoms with Crippen molar-refractivity contribution in [2.24, 2.45) is 4.99 Å². The van der Waals surface area contributed by atoms with Gasteiger partial charge >= 0.3 is 11.9 Å². The fraction of sp³-hybridized carbons (Fsp3) is 0.242. The second-order valence-electron chi connectivity index (χ2n) is 10.5. The average molecular weight is 583 g/mol. The SMILES string of the molecule is C=Cc1c(/C=C2\NC(=O)C(CCC(=O)O)=C2C)[nH]c(/C=c2\[nH]/c(=C\C3=NC(=O)C(CCC(=O)O)=C3C)c(C)c2C=C)c1C. The van der Waals surface area contributed by atoms with Gasteiger partial charge in [0.25, 0.3) is 11.8 Å². The highest BCUT2D eigenvalue weighted by atomic mass is 16.4. The molecule has 4 heterocycles. The van der Waals surface area contributed by atoms with E-state index in [4.69, 9.17) is 10.2 Å². The van der Waals surface area contributed by atoms with Crippen molar-refractivity contribution in [2.75, 3.05) is 0 Å². The summed E-state index contributed by atoms with van der Waals surface area (Å²) in [6, 6.07) is 0. The molecule has 0 aromatic carbocycles. The maximum atomic E-state index is 12.5. The van der Waals surface area contributed by atoms with Gasteiger partial charge in [-0.3, -0.25) is 19.2 Å². The Morgan fingerprint density at radius 1 is 0.767 bits per heavy atom. The molecule has 5 N–H and O–H groups in total. The third kappa shape index (κ3) is 6.18. The first-order chi connectivity index (χ1) is 20.4. The number of hydrogen-bond acceptors (Lipinski definition) is 4. The number of allylic oxidation sites excluding steroid dienone is 2. The van der Waals surface area contributed by atoms with Crippen LogP contribution in [0.2, 0.25) is 0 Å². The fourth-order valence-corrected chi connectivity index (χ4v) is 5.32. The Morgan fingerprint density at radius 3 is 2.00 bits per heavy atom. The quantitative estimate of drug-likeness (QED) is 0.271. The molecule has 0 saturated heterocycles. The number of carbonyl (C=O) groups is 4. The Bertz CT molecular complexity index is 1860. The van der Waals surface area contributed by atoms with Crippen LogP contribution in [0.15, 0.2) is 46.1 Å². The molecule has 0 aliphatic carbocycles. The maximum Gasteiger partial charge on any atom is 0.303 e. The molecule has 4 rings (SSSR count). The summed E-state index contributed by atoms with van der Waals surface area (Å²) in [6.07, 6.45) is 9.04. The van der Waals surface area contributed by atoms with Crippen LogP contribution in [0.5, 0.6) is 0 Å². The van der Waals surface area contributed by atoms with Gasteiger partial charge in [-0.05, 0) is 81.0 Å². The Morgan fingerprint density at radius 2 is 1.40 bits per heavy atom. The summed E-state index contributed by atoms with van der Waals surface area (Å²) >= 11 is 0. The smallest absolute Gasteiger partial charge is 0.303 e. The van der Waals surface area contributed by atoms with E-state index in [2.05, 4.69) is 33.4 Å². The molecular formula is C33H34N4O6. The number of aromatic amines is 2. The van der Waals surface area contributed by atoms with Crippen LogP contribution in [-0.4, -0.2) is 49.6 Å². The lowest BCUT2D eigenvalue weighted by Crippen LogP contribution is -2.16. The Kier molecular flexibility index (Phi) is 8.80. The van der Waals surface area contributed by atoms with Gasteiger partial charge < -0.3 is 25.5 Å². The van der Waals surface area contributed by atoms with E-state index < -0.39 is 17.8 Å². The molecule has 0 atom stereocenters. The molecule has 0 radical (unpaired) electrons. The Balaban J connectivity index is 1.76. The zero-order valence-electron chi connectivity index (χ0n) is 24.6. The molecule has 43 heavy (non-hydrogen) atoms. The number of aliphatic carboxylic acids is 2. The first-order valence-corrected chi connectivity index (χ1v) is 13.8. The van der Waals surface area contributed by atoms with E-state index in [0.717, 1.165) is 44.3 Å². The van der Waals surface area contributed by atoms with Crippen LogP contribution in [0.25, 0.3) is 30.4 Å². The second-order valence-corrected chi connectivity index (χ2v) is 10.5. The van der Waals surface area contributed by atoms with Gasteiger partial charge in [0.15, 0.2) is 0 Å². The van der Waals surface area contributed by atoms with Crippen molar-refractivity contribution >= 4 is 59.8 Å². The molecule has 0 spiro atoms. The van der Waals surface area contributed by atoms with E-state index in [9.17, 15) is 19.2 Å². The summed E-state index contributed by atoms with van der Waals surface area (Å²) in [6.45, 7) is 15.4. The minimum Gasteiger partial charge on any atom is -0.481 e. The van der Waals surface area contributed by atoms with Crippen molar-refractivity contribution < 1.29 is 29.4 Å². The molecular weight excluding hydrogens is 548 g/mol. The maximum absolute atomic E-state index is 12.5. The van der Waals surface area contributed by atoms with Crippen LogP contribution in [0, 0.1) is 13.8 Å². The number of carbonyl (C=O) groups excluding carboxylic acids is 2. The number of aromatic nitrogens is 2. The molecule has 0 fully saturated rings. The number of H-pyrrole nitrogens is 2. The van der Waals surface area contributed by atoms with Gasteiger partial charge in [0.1, 0.15) is 0 Å². The van der Waals surface area contributed by atoms with Gasteiger partial charge in [-0.25, -0.2) is 4.99 Å². The fourth-order valence-electron chi connectivity index (χ4n) is 5.32. The van der Waals surface area contributed by atoms with E-state index in [0.29, 0.717) is 33.7 Å². The number of carboxylic acids is 2. The highest BCUT2D eigenvalue weighted by molar-refractivity contribution is 6.30. The van der Waals surface area contributed by atoms with Crippen LogP contribution < -0.4 is 16.0 Å². The third-order valence-electron chi connectivity index (χ3n) is 7.88. The molecule has 222 valence electrons. The molecule has 0 saturated carbocycles. The van der Waals surface area contributed by atoms with Crippen LogP contribution in [0.3, 0.4) is 0 Å². The standard InChI is InChI=1S/C33H34N4O6/c1-7-20-16(3)24(13-26-18(5)22(32(42)36-26)9-11-30(38)39)34-28(20)14-25-17(4)21(8-2)29(35-25)15-27-19(6)23(33(43)37-27)10-12-31(40)41/h7-8,13-15,34-35H,1-2,9-12H2,3-6H3,(H,37,43)(H,38,39)(H,40,41)/b24-13-,27-15-,28-14-. The molecule has 2 aromatic rings. The zero-order chi connectivity index (χ0) is 31.6. The topological polar surface area (TPSA) is 165 Å². The van der Waals surface area contributed by atoms with E-state index in [1.165, 1.54) is 0 Å². The molecule has 2 aliphatic heterocycles. The number of nitrogens with zero attached hydrogens (tertiary/aromatic N) is 1. The van der Waals surface area contributed by atoms with Crippen LogP contribution in [0.1, 0.15) is 73.2 Å². The van der Waals surface area contributed by atoms with Gasteiger partial charge in [0.05, 0.1) is 5.71 Å². The van der Waals surface area contributed by atoms with Crippen LogP contribution in [-0.2, 0) is 19.2 Å². The van der Waals surface area contributed by atoms with Gasteiger partial charge in [0, 0.05) is 62.9 Å². The average Bonchev–Trinajstić information content (AvgIpc) is 3.58. The lowest BCUT2D eigenvalue weighted by atomic mass is 10.0. The van der Waals surface area contributed by atoms with Gasteiger partial charge in [0.2, 0.25) is 0 Å².